The van der Waals surface area contributed by atoms with Crippen molar-refractivity contribution in [2.24, 2.45) is 28.1 Å². The van der Waals surface area contributed by atoms with Gasteiger partial charge in [0.25, 0.3) is 0 Å². The van der Waals surface area contributed by atoms with E-state index < -0.39 is 0 Å². The summed E-state index contributed by atoms with van der Waals surface area (Å²) in [4.78, 5) is 0. The third kappa shape index (κ3) is 4.21. The molecule has 0 bridgehead atoms. The van der Waals surface area contributed by atoms with Crippen LogP contribution in [0.2, 0.25) is 0 Å². The third-order valence-corrected chi connectivity index (χ3v) is 11.6. The van der Waals surface area contributed by atoms with Gasteiger partial charge in [0.05, 0.1) is 0 Å². The standard InChI is InChI=1S/C42H56/c1-24(2)32-21-26-20-30-34(33(26)35(42(32,13)14)29-22-27(19-25(29)3)38(4,5)6)31-23-39(7,8)16-15-28(31)36-37(30)41(11,12)18-17-40(36,9)10/h15-16,19-22,25,35H,17-18,23H2,1-14H3. The Morgan fingerprint density at radius 3 is 2.02 bits per heavy atom. The fraction of sp³-hybridized carbons (Fsp3) is 0.571. The van der Waals surface area contributed by atoms with Crippen molar-refractivity contribution >= 4 is 17.7 Å². The molecule has 5 aliphatic rings. The van der Waals surface area contributed by atoms with Crippen LogP contribution in [0.25, 0.3) is 17.7 Å². The Hall–Kier alpha value is -2.34. The summed E-state index contributed by atoms with van der Waals surface area (Å²) in [7, 11) is 0. The molecule has 5 aliphatic carbocycles. The molecular weight excluding hydrogens is 504 g/mol. The summed E-state index contributed by atoms with van der Waals surface area (Å²) in [5.41, 5.74) is 16.3. The lowest BCUT2D eigenvalue weighted by atomic mass is 9.58. The summed E-state index contributed by atoms with van der Waals surface area (Å²) >= 11 is 0. The summed E-state index contributed by atoms with van der Waals surface area (Å²) < 4.78 is 0. The van der Waals surface area contributed by atoms with Crippen LogP contribution in [0.5, 0.6) is 0 Å². The SMILES string of the molecule is CC(C)=C1C=C2C=c3c4c(c5c(c3=C2C(C2=CC(C(C)(C)C)=CC2C)C1(C)C)CC(C)(C)C=C5)C(C)(C)CCC4(C)C. The second-order valence-electron chi connectivity index (χ2n) is 18.2. The molecule has 0 heterocycles. The Morgan fingerprint density at radius 1 is 0.833 bits per heavy atom. The molecule has 0 saturated heterocycles. The number of hydrogen-bond acceptors (Lipinski definition) is 0. The minimum Gasteiger partial charge on any atom is -0.0779 e. The number of hydrogen-bond donors (Lipinski definition) is 0. The van der Waals surface area contributed by atoms with Gasteiger partial charge in [0.2, 0.25) is 0 Å². The molecule has 0 amide bonds. The maximum absolute atomic E-state index is 2.64. The van der Waals surface area contributed by atoms with Crippen LogP contribution in [-0.2, 0) is 17.3 Å². The molecule has 0 fully saturated rings. The Kier molecular flexibility index (Phi) is 6.27. The molecule has 1 aromatic rings. The van der Waals surface area contributed by atoms with E-state index in [1.54, 1.807) is 43.8 Å². The first-order valence-corrected chi connectivity index (χ1v) is 16.7. The first kappa shape index (κ1) is 29.7. The predicted molar refractivity (Wildman–Crippen MR) is 184 cm³/mol. The van der Waals surface area contributed by atoms with Gasteiger partial charge in [-0.1, -0.05) is 125 Å². The van der Waals surface area contributed by atoms with Crippen molar-refractivity contribution in [2.75, 3.05) is 0 Å². The molecule has 224 valence electrons. The van der Waals surface area contributed by atoms with E-state index in [9.17, 15) is 0 Å². The van der Waals surface area contributed by atoms with E-state index in [0.29, 0.717) is 11.8 Å². The predicted octanol–water partition coefficient (Wildman–Crippen LogP) is 10.0. The normalized spacial score (nSPS) is 27.7. The average Bonchev–Trinajstić information content (AvgIpc) is 3.40. The molecule has 0 heteroatoms. The first-order valence-electron chi connectivity index (χ1n) is 16.7. The number of fused-ring (bicyclic) bond motifs is 7. The van der Waals surface area contributed by atoms with Crippen LogP contribution in [0, 0.1) is 28.1 Å². The molecule has 0 aromatic heterocycles. The minimum atomic E-state index is 0.00594. The molecule has 0 nitrogen and oxygen atoms in total. The second-order valence-corrected chi connectivity index (χ2v) is 18.2. The lowest BCUT2D eigenvalue weighted by Crippen LogP contribution is -2.47. The van der Waals surface area contributed by atoms with Gasteiger partial charge in [0, 0.05) is 11.3 Å². The van der Waals surface area contributed by atoms with E-state index in [1.165, 1.54) is 35.1 Å². The van der Waals surface area contributed by atoms with Crippen molar-refractivity contribution in [3.05, 3.63) is 84.9 Å². The van der Waals surface area contributed by atoms with Gasteiger partial charge in [-0.3, -0.25) is 0 Å². The second kappa shape index (κ2) is 8.86. The summed E-state index contributed by atoms with van der Waals surface area (Å²) in [6.07, 6.45) is 19.0. The zero-order valence-electron chi connectivity index (χ0n) is 29.2. The van der Waals surface area contributed by atoms with Crippen molar-refractivity contribution in [1.82, 2.24) is 0 Å². The Balaban J connectivity index is 1.82. The molecule has 2 unspecified atom stereocenters. The largest absolute Gasteiger partial charge is 0.0779 e. The number of rotatable bonds is 1. The van der Waals surface area contributed by atoms with Crippen molar-refractivity contribution in [3.63, 3.8) is 0 Å². The number of allylic oxidation sites excluding steroid dienone is 9. The van der Waals surface area contributed by atoms with Gasteiger partial charge in [0.1, 0.15) is 0 Å². The van der Waals surface area contributed by atoms with Crippen LogP contribution < -0.4 is 10.4 Å². The summed E-state index contributed by atoms with van der Waals surface area (Å²) in [6, 6.07) is 0. The van der Waals surface area contributed by atoms with E-state index >= 15 is 0 Å². The van der Waals surface area contributed by atoms with E-state index in [4.69, 9.17) is 0 Å². The maximum atomic E-state index is 2.64. The van der Waals surface area contributed by atoms with Crippen molar-refractivity contribution in [1.29, 1.82) is 0 Å². The molecule has 2 atom stereocenters. The quantitative estimate of drug-likeness (QED) is 0.320. The van der Waals surface area contributed by atoms with Gasteiger partial charge >= 0.3 is 0 Å². The Bertz CT molecular complexity index is 1680. The van der Waals surface area contributed by atoms with Gasteiger partial charge in [-0.2, -0.15) is 0 Å². The van der Waals surface area contributed by atoms with Crippen LogP contribution in [-0.4, -0.2) is 0 Å². The first-order chi connectivity index (χ1) is 19.2. The van der Waals surface area contributed by atoms with E-state index in [1.807, 2.05) is 0 Å². The molecule has 0 spiro atoms. The molecule has 6 rings (SSSR count). The highest BCUT2D eigenvalue weighted by atomic mass is 14.5. The minimum absolute atomic E-state index is 0.00594. The summed E-state index contributed by atoms with van der Waals surface area (Å²) in [5, 5.41) is 3.15. The smallest absolute Gasteiger partial charge is 0.0161 e. The van der Waals surface area contributed by atoms with Gasteiger partial charge in [-0.15, -0.1) is 0 Å². The fourth-order valence-electron chi connectivity index (χ4n) is 9.34. The van der Waals surface area contributed by atoms with Crippen molar-refractivity contribution in [2.45, 2.75) is 127 Å². The number of benzene rings is 1. The van der Waals surface area contributed by atoms with Crippen LogP contribution in [0.1, 0.15) is 132 Å². The highest BCUT2D eigenvalue weighted by Crippen LogP contribution is 2.56. The molecule has 42 heavy (non-hydrogen) atoms. The molecule has 0 aliphatic heterocycles. The molecular formula is C42H56. The highest BCUT2D eigenvalue weighted by Gasteiger charge is 2.48. The fourth-order valence-corrected chi connectivity index (χ4v) is 9.34. The lowest BCUT2D eigenvalue weighted by Gasteiger charge is -2.45. The van der Waals surface area contributed by atoms with Crippen LogP contribution in [0.3, 0.4) is 0 Å². The highest BCUT2D eigenvalue weighted by molar-refractivity contribution is 5.90. The van der Waals surface area contributed by atoms with Gasteiger partial charge in [-0.25, -0.2) is 0 Å². The zero-order chi connectivity index (χ0) is 30.9. The van der Waals surface area contributed by atoms with Crippen LogP contribution >= 0.6 is 0 Å². The molecule has 1 aromatic carbocycles. The van der Waals surface area contributed by atoms with Crippen LogP contribution in [0.4, 0.5) is 0 Å². The van der Waals surface area contributed by atoms with Gasteiger partial charge < -0.3 is 0 Å². The third-order valence-electron chi connectivity index (χ3n) is 11.6. The van der Waals surface area contributed by atoms with E-state index in [0.717, 1.165) is 6.42 Å². The monoisotopic (exact) mass is 560 g/mol. The Labute approximate surface area is 257 Å². The van der Waals surface area contributed by atoms with E-state index in [2.05, 4.69) is 133 Å². The summed E-state index contributed by atoms with van der Waals surface area (Å²) in [5.74, 6) is 0.792. The molecule has 0 radical (unpaired) electrons. The maximum Gasteiger partial charge on any atom is 0.0161 e. The van der Waals surface area contributed by atoms with Crippen molar-refractivity contribution in [3.8, 4) is 0 Å². The average molecular weight is 561 g/mol. The Morgan fingerprint density at radius 2 is 1.45 bits per heavy atom. The topological polar surface area (TPSA) is 0 Å². The van der Waals surface area contributed by atoms with Crippen molar-refractivity contribution < 1.29 is 0 Å². The molecule has 0 N–H and O–H groups in total. The van der Waals surface area contributed by atoms with Gasteiger partial charge in [0.15, 0.2) is 0 Å². The van der Waals surface area contributed by atoms with E-state index in [-0.39, 0.29) is 27.1 Å². The van der Waals surface area contributed by atoms with Crippen LogP contribution in [0.15, 0.2) is 52.2 Å². The summed E-state index contributed by atoms with van der Waals surface area (Å²) in [6.45, 7) is 34.2. The molecule has 0 saturated carbocycles. The zero-order valence-corrected chi connectivity index (χ0v) is 29.2. The van der Waals surface area contributed by atoms with Gasteiger partial charge in [-0.05, 0) is 122 Å². The lowest BCUT2D eigenvalue weighted by molar-refractivity contribution is 0.328.